The van der Waals surface area contributed by atoms with Gasteiger partial charge in [-0.05, 0) is 55.3 Å². The summed E-state index contributed by atoms with van der Waals surface area (Å²) in [6.45, 7) is 4.73. The Labute approximate surface area is 172 Å². The van der Waals surface area contributed by atoms with Crippen molar-refractivity contribution in [2.45, 2.75) is 20.4 Å². The summed E-state index contributed by atoms with van der Waals surface area (Å²) < 4.78 is 25.8. The van der Waals surface area contributed by atoms with Crippen LogP contribution in [0.2, 0.25) is 5.02 Å². The Morgan fingerprint density at radius 3 is 2.69 bits per heavy atom. The molecule has 0 aliphatic carbocycles. The minimum absolute atomic E-state index is 0.0281. The van der Waals surface area contributed by atoms with Crippen molar-refractivity contribution in [2.75, 3.05) is 19.0 Å². The number of anilines is 2. The molecule has 0 bridgehead atoms. The lowest BCUT2D eigenvalue weighted by atomic mass is 10.2. The van der Waals surface area contributed by atoms with E-state index in [0.29, 0.717) is 19.1 Å². The van der Waals surface area contributed by atoms with Gasteiger partial charge < -0.3 is 19.4 Å². The largest absolute Gasteiger partial charge is 0.494 e. The molecule has 0 saturated carbocycles. The highest BCUT2D eigenvalue weighted by molar-refractivity contribution is 6.30. The highest BCUT2D eigenvalue weighted by atomic mass is 35.5. The average molecular weight is 418 g/mol. The van der Waals surface area contributed by atoms with Crippen LogP contribution in [0.15, 0.2) is 47.4 Å². The Morgan fingerprint density at radius 1 is 1.24 bits per heavy atom. The third-order valence-corrected chi connectivity index (χ3v) is 4.57. The van der Waals surface area contributed by atoms with Gasteiger partial charge >= 0.3 is 5.56 Å². The number of methoxy groups -OCH3 is 1. The molecule has 8 heteroatoms. The van der Waals surface area contributed by atoms with Crippen LogP contribution in [-0.2, 0) is 6.54 Å². The fourth-order valence-corrected chi connectivity index (χ4v) is 3.02. The van der Waals surface area contributed by atoms with E-state index in [-0.39, 0.29) is 10.8 Å². The zero-order valence-corrected chi connectivity index (χ0v) is 17.1. The van der Waals surface area contributed by atoms with Crippen LogP contribution in [0.4, 0.5) is 16.0 Å². The molecule has 1 N–H and O–H groups in total. The minimum atomic E-state index is -0.494. The van der Waals surface area contributed by atoms with Gasteiger partial charge in [-0.2, -0.15) is 4.98 Å². The van der Waals surface area contributed by atoms with Crippen LogP contribution in [0.25, 0.3) is 0 Å². The zero-order valence-electron chi connectivity index (χ0n) is 16.3. The van der Waals surface area contributed by atoms with Crippen LogP contribution in [0, 0.1) is 12.7 Å². The molecule has 0 amide bonds. The molecule has 0 unspecified atom stereocenters. The number of nitrogens with one attached hydrogen (secondary N) is 1. The molecule has 0 fully saturated rings. The smallest absolute Gasteiger partial charge is 0.316 e. The summed E-state index contributed by atoms with van der Waals surface area (Å²) in [5.74, 6) is 0.696. The van der Waals surface area contributed by atoms with Gasteiger partial charge in [-0.15, -0.1) is 0 Å². The molecule has 0 atom stereocenters. The second-order valence-electron chi connectivity index (χ2n) is 6.35. The molecule has 3 rings (SSSR count). The Kier molecular flexibility index (Phi) is 6.39. The van der Waals surface area contributed by atoms with Crippen molar-refractivity contribution in [3.63, 3.8) is 0 Å². The van der Waals surface area contributed by atoms with Gasteiger partial charge in [0.2, 0.25) is 11.7 Å². The standard InChI is InChI=1S/C21H21ClFN3O3/c1-4-29-15-6-8-18(13(2)9-15)24-21-25-20(27)19(28-3)12-26(21)11-14-5-7-17(23)16(22)10-14/h5-10,12H,4,11H2,1-3H3,(H,24,25,27). The van der Waals surface area contributed by atoms with E-state index in [1.807, 2.05) is 32.0 Å². The summed E-state index contributed by atoms with van der Waals surface area (Å²) in [6, 6.07) is 10.1. The molecule has 0 aliphatic rings. The van der Waals surface area contributed by atoms with Crippen LogP contribution >= 0.6 is 11.6 Å². The van der Waals surface area contributed by atoms with Gasteiger partial charge in [0.25, 0.3) is 0 Å². The van der Waals surface area contributed by atoms with E-state index in [4.69, 9.17) is 21.1 Å². The van der Waals surface area contributed by atoms with Gasteiger partial charge in [-0.1, -0.05) is 17.7 Å². The number of halogens is 2. The van der Waals surface area contributed by atoms with Gasteiger partial charge in [-0.25, -0.2) is 4.39 Å². The van der Waals surface area contributed by atoms with E-state index in [1.54, 1.807) is 16.8 Å². The lowest BCUT2D eigenvalue weighted by Crippen LogP contribution is -2.19. The molecule has 152 valence electrons. The normalized spacial score (nSPS) is 10.7. The summed E-state index contributed by atoms with van der Waals surface area (Å²) in [5, 5.41) is 3.21. The first kappa shape index (κ1) is 20.7. The lowest BCUT2D eigenvalue weighted by molar-refractivity contribution is 0.340. The van der Waals surface area contributed by atoms with Gasteiger partial charge in [0.05, 0.1) is 31.5 Å². The Bertz CT molecular complexity index is 1090. The highest BCUT2D eigenvalue weighted by Crippen LogP contribution is 2.25. The number of hydrogen-bond donors (Lipinski definition) is 1. The van der Waals surface area contributed by atoms with Crippen molar-refractivity contribution < 1.29 is 13.9 Å². The molecule has 1 heterocycles. The maximum absolute atomic E-state index is 13.5. The van der Waals surface area contributed by atoms with Crippen LogP contribution in [-0.4, -0.2) is 23.3 Å². The minimum Gasteiger partial charge on any atom is -0.494 e. The Hall–Kier alpha value is -3.06. The number of aryl methyl sites for hydroxylation is 1. The van der Waals surface area contributed by atoms with Crippen molar-refractivity contribution in [1.82, 2.24) is 9.55 Å². The molecule has 0 radical (unpaired) electrons. The first-order valence-electron chi connectivity index (χ1n) is 9.01. The Morgan fingerprint density at radius 2 is 2.03 bits per heavy atom. The average Bonchev–Trinajstić information content (AvgIpc) is 2.69. The fourth-order valence-electron chi connectivity index (χ4n) is 2.82. The van der Waals surface area contributed by atoms with E-state index in [1.165, 1.54) is 19.2 Å². The topological polar surface area (TPSA) is 65.4 Å². The second kappa shape index (κ2) is 8.96. The van der Waals surface area contributed by atoms with E-state index in [0.717, 1.165) is 22.6 Å². The predicted octanol–water partition coefficient (Wildman–Crippen LogP) is 4.54. The molecular weight excluding hydrogens is 397 g/mol. The van der Waals surface area contributed by atoms with Gasteiger partial charge in [0.1, 0.15) is 11.6 Å². The van der Waals surface area contributed by atoms with Crippen LogP contribution < -0.4 is 20.3 Å². The molecule has 6 nitrogen and oxygen atoms in total. The van der Waals surface area contributed by atoms with Crippen molar-refractivity contribution >= 4 is 23.2 Å². The molecule has 1 aromatic heterocycles. The van der Waals surface area contributed by atoms with E-state index in [9.17, 15) is 9.18 Å². The lowest BCUT2D eigenvalue weighted by Gasteiger charge is -2.17. The third-order valence-electron chi connectivity index (χ3n) is 4.28. The first-order chi connectivity index (χ1) is 13.9. The highest BCUT2D eigenvalue weighted by Gasteiger charge is 2.12. The second-order valence-corrected chi connectivity index (χ2v) is 6.76. The van der Waals surface area contributed by atoms with Crippen LogP contribution in [0.1, 0.15) is 18.1 Å². The summed E-state index contributed by atoms with van der Waals surface area (Å²) in [5.41, 5.74) is 1.95. The predicted molar refractivity (Wildman–Crippen MR) is 111 cm³/mol. The third kappa shape index (κ3) is 4.86. The first-order valence-corrected chi connectivity index (χ1v) is 9.39. The van der Waals surface area contributed by atoms with E-state index < -0.39 is 11.4 Å². The summed E-state index contributed by atoms with van der Waals surface area (Å²) in [7, 11) is 1.40. The van der Waals surface area contributed by atoms with Crippen molar-refractivity contribution in [3.05, 3.63) is 74.9 Å². The summed E-state index contributed by atoms with van der Waals surface area (Å²) >= 11 is 5.89. The summed E-state index contributed by atoms with van der Waals surface area (Å²) in [6.07, 6.45) is 1.55. The maximum Gasteiger partial charge on any atom is 0.316 e. The van der Waals surface area contributed by atoms with Crippen molar-refractivity contribution in [1.29, 1.82) is 0 Å². The number of aromatic nitrogens is 2. The molecule has 3 aromatic rings. The summed E-state index contributed by atoms with van der Waals surface area (Å²) in [4.78, 5) is 16.3. The number of ether oxygens (including phenoxy) is 2. The monoisotopic (exact) mass is 417 g/mol. The SMILES string of the molecule is CCOc1ccc(Nc2nc(=O)c(OC)cn2Cc2ccc(F)c(Cl)c2)c(C)c1. The van der Waals surface area contributed by atoms with Crippen LogP contribution in [0.3, 0.4) is 0 Å². The number of rotatable bonds is 7. The maximum atomic E-state index is 13.5. The quantitative estimate of drug-likeness (QED) is 0.611. The van der Waals surface area contributed by atoms with Crippen molar-refractivity contribution in [2.24, 2.45) is 0 Å². The van der Waals surface area contributed by atoms with E-state index >= 15 is 0 Å². The van der Waals surface area contributed by atoms with Crippen LogP contribution in [0.5, 0.6) is 11.5 Å². The van der Waals surface area contributed by atoms with E-state index in [2.05, 4.69) is 10.3 Å². The molecule has 0 spiro atoms. The fraction of sp³-hybridized carbons (Fsp3) is 0.238. The molecule has 2 aromatic carbocycles. The van der Waals surface area contributed by atoms with Crippen molar-refractivity contribution in [3.8, 4) is 11.5 Å². The zero-order chi connectivity index (χ0) is 21.0. The van der Waals surface area contributed by atoms with Gasteiger partial charge in [0, 0.05) is 5.69 Å². The Balaban J connectivity index is 1.98. The number of hydrogen-bond acceptors (Lipinski definition) is 5. The molecular formula is C21H21ClFN3O3. The number of nitrogens with zero attached hydrogens (tertiary/aromatic N) is 2. The molecule has 29 heavy (non-hydrogen) atoms. The number of benzene rings is 2. The molecule has 0 aliphatic heterocycles. The molecule has 0 saturated heterocycles. The van der Waals surface area contributed by atoms with Gasteiger partial charge in [0.15, 0.2) is 0 Å². The van der Waals surface area contributed by atoms with Gasteiger partial charge in [-0.3, -0.25) is 4.79 Å².